The predicted molar refractivity (Wildman–Crippen MR) is 103 cm³/mol. The number of hydrogen-bond donors (Lipinski definition) is 0. The maximum atomic E-state index is 5.93. The minimum Gasteiger partial charge on any atom is -0.458 e. The summed E-state index contributed by atoms with van der Waals surface area (Å²) in [5.74, 6) is 3.24. The van der Waals surface area contributed by atoms with E-state index in [1.165, 1.54) is 0 Å². The van der Waals surface area contributed by atoms with Crippen molar-refractivity contribution < 1.29 is 9.47 Å². The van der Waals surface area contributed by atoms with Gasteiger partial charge in [-0.15, -0.1) is 0 Å². The Morgan fingerprint density at radius 3 is 2.72 bits per heavy atom. The molecule has 0 N–H and O–H groups in total. The van der Waals surface area contributed by atoms with Crippen molar-refractivity contribution >= 4 is 5.69 Å². The summed E-state index contributed by atoms with van der Waals surface area (Å²) in [6, 6.07) is 16.0. The molecule has 0 amide bonds. The summed E-state index contributed by atoms with van der Waals surface area (Å²) in [6.07, 6.45) is 6.73. The van der Waals surface area contributed by atoms with Gasteiger partial charge >= 0.3 is 0 Å². The lowest BCUT2D eigenvalue weighted by atomic mass is 10.2. The van der Waals surface area contributed by atoms with Crippen LogP contribution in [0.5, 0.6) is 11.5 Å². The summed E-state index contributed by atoms with van der Waals surface area (Å²) in [6.45, 7) is 8.96. The molecule has 1 aliphatic heterocycles. The van der Waals surface area contributed by atoms with Crippen molar-refractivity contribution in [2.45, 2.75) is 20.3 Å². The molecule has 3 heteroatoms. The van der Waals surface area contributed by atoms with Crippen LogP contribution in [0.3, 0.4) is 0 Å². The SMILES string of the molecule is C=C(C=CCC=C1Oc2ccccc2N1CC)Oc1ccccc1C. The van der Waals surface area contributed by atoms with E-state index in [2.05, 4.69) is 30.5 Å². The third kappa shape index (κ3) is 3.94. The number of nitrogens with zero attached hydrogens (tertiary/aromatic N) is 1. The predicted octanol–water partition coefficient (Wildman–Crippen LogP) is 5.59. The quantitative estimate of drug-likeness (QED) is 0.508. The maximum absolute atomic E-state index is 5.93. The first-order valence-electron chi connectivity index (χ1n) is 8.52. The van der Waals surface area contributed by atoms with Gasteiger partial charge in [-0.25, -0.2) is 0 Å². The molecule has 1 aliphatic rings. The van der Waals surface area contributed by atoms with Gasteiger partial charge in [0.1, 0.15) is 11.5 Å². The van der Waals surface area contributed by atoms with Crippen LogP contribution < -0.4 is 14.4 Å². The number of para-hydroxylation sites is 3. The first kappa shape index (κ1) is 16.9. The maximum Gasteiger partial charge on any atom is 0.196 e. The molecule has 0 saturated carbocycles. The summed E-state index contributed by atoms with van der Waals surface area (Å²) in [7, 11) is 0. The van der Waals surface area contributed by atoms with Gasteiger partial charge in [0, 0.05) is 6.54 Å². The zero-order chi connectivity index (χ0) is 17.6. The van der Waals surface area contributed by atoms with Crippen LogP contribution in [-0.4, -0.2) is 6.54 Å². The summed E-state index contributed by atoms with van der Waals surface area (Å²) < 4.78 is 11.7. The molecule has 2 aromatic carbocycles. The highest BCUT2D eigenvalue weighted by molar-refractivity contribution is 5.66. The molecular weight excluding hydrogens is 310 g/mol. The highest BCUT2D eigenvalue weighted by Crippen LogP contribution is 2.38. The first-order chi connectivity index (χ1) is 12.2. The fourth-order valence-corrected chi connectivity index (χ4v) is 2.75. The number of aryl methyl sites for hydroxylation is 1. The van der Waals surface area contributed by atoms with Crippen molar-refractivity contribution in [3.8, 4) is 11.5 Å². The second-order valence-electron chi connectivity index (χ2n) is 5.83. The molecule has 0 aliphatic carbocycles. The van der Waals surface area contributed by atoms with Crippen molar-refractivity contribution in [2.24, 2.45) is 0 Å². The Morgan fingerprint density at radius 1 is 1.16 bits per heavy atom. The van der Waals surface area contributed by atoms with E-state index in [4.69, 9.17) is 9.47 Å². The second kappa shape index (κ2) is 7.75. The number of benzene rings is 2. The number of anilines is 1. The normalized spacial score (nSPS) is 14.6. The van der Waals surface area contributed by atoms with E-state index in [-0.39, 0.29) is 0 Å². The molecule has 0 spiro atoms. The van der Waals surface area contributed by atoms with Gasteiger partial charge < -0.3 is 14.4 Å². The van der Waals surface area contributed by atoms with Gasteiger partial charge in [-0.3, -0.25) is 0 Å². The van der Waals surface area contributed by atoms with E-state index in [9.17, 15) is 0 Å². The number of hydrogen-bond acceptors (Lipinski definition) is 3. The number of rotatable bonds is 6. The van der Waals surface area contributed by atoms with Crippen molar-refractivity contribution in [1.29, 1.82) is 0 Å². The van der Waals surface area contributed by atoms with Crippen LogP contribution in [0.25, 0.3) is 0 Å². The number of fused-ring (bicyclic) bond motifs is 1. The topological polar surface area (TPSA) is 21.7 Å². The average Bonchev–Trinajstić information content (AvgIpc) is 2.98. The van der Waals surface area contributed by atoms with E-state index in [1.54, 1.807) is 0 Å². The lowest BCUT2D eigenvalue weighted by molar-refractivity contribution is 0.437. The van der Waals surface area contributed by atoms with Crippen molar-refractivity contribution in [1.82, 2.24) is 0 Å². The fourth-order valence-electron chi connectivity index (χ4n) is 2.75. The summed E-state index contributed by atoms with van der Waals surface area (Å²) in [5, 5.41) is 0. The Labute approximate surface area is 149 Å². The average molecular weight is 333 g/mol. The molecule has 0 atom stereocenters. The summed E-state index contributed by atoms with van der Waals surface area (Å²) in [5.41, 5.74) is 2.21. The molecular formula is C22H23NO2. The molecule has 0 radical (unpaired) electrons. The van der Waals surface area contributed by atoms with Crippen LogP contribution in [-0.2, 0) is 0 Å². The van der Waals surface area contributed by atoms with E-state index in [1.807, 2.05) is 61.5 Å². The molecule has 128 valence electrons. The zero-order valence-corrected chi connectivity index (χ0v) is 14.7. The van der Waals surface area contributed by atoms with Gasteiger partial charge in [0.15, 0.2) is 11.6 Å². The van der Waals surface area contributed by atoms with Gasteiger partial charge in [0.25, 0.3) is 0 Å². The number of allylic oxidation sites excluding steroid dienone is 3. The lowest BCUT2D eigenvalue weighted by Crippen LogP contribution is -2.19. The highest BCUT2D eigenvalue weighted by Gasteiger charge is 2.23. The molecule has 25 heavy (non-hydrogen) atoms. The van der Waals surface area contributed by atoms with Gasteiger partial charge in [-0.1, -0.05) is 43.0 Å². The highest BCUT2D eigenvalue weighted by atomic mass is 16.5. The number of ether oxygens (including phenoxy) is 2. The van der Waals surface area contributed by atoms with E-state index in [0.29, 0.717) is 5.76 Å². The van der Waals surface area contributed by atoms with Gasteiger partial charge in [0.2, 0.25) is 0 Å². The van der Waals surface area contributed by atoms with E-state index in [0.717, 1.165) is 41.6 Å². The Kier molecular flexibility index (Phi) is 5.24. The van der Waals surface area contributed by atoms with E-state index < -0.39 is 0 Å². The third-order valence-electron chi connectivity index (χ3n) is 4.02. The van der Waals surface area contributed by atoms with Crippen molar-refractivity contribution in [2.75, 3.05) is 11.4 Å². The minimum absolute atomic E-state index is 0.621. The molecule has 1 heterocycles. The molecule has 3 rings (SSSR count). The van der Waals surface area contributed by atoms with Crippen LogP contribution in [0.15, 0.2) is 85.0 Å². The molecule has 2 aromatic rings. The molecule has 0 aromatic heterocycles. The Morgan fingerprint density at radius 2 is 1.92 bits per heavy atom. The fraction of sp³-hybridized carbons (Fsp3) is 0.182. The monoisotopic (exact) mass is 333 g/mol. The van der Waals surface area contributed by atoms with Crippen molar-refractivity contribution in [3.05, 3.63) is 90.5 Å². The van der Waals surface area contributed by atoms with Crippen LogP contribution in [0, 0.1) is 6.92 Å². The third-order valence-corrected chi connectivity index (χ3v) is 4.02. The standard InChI is InChI=1S/C22H23NO2/c1-4-23-19-13-7-9-15-21(19)25-22(23)16-10-6-12-18(3)24-20-14-8-5-11-17(20)2/h5-9,11-16H,3-4,10H2,1-2H3. The Hall–Kier alpha value is -2.94. The van der Waals surface area contributed by atoms with Gasteiger partial charge in [-0.2, -0.15) is 0 Å². The second-order valence-corrected chi connectivity index (χ2v) is 5.83. The summed E-state index contributed by atoms with van der Waals surface area (Å²) in [4.78, 5) is 2.17. The first-order valence-corrected chi connectivity index (χ1v) is 8.52. The van der Waals surface area contributed by atoms with Crippen LogP contribution in [0.4, 0.5) is 5.69 Å². The van der Waals surface area contributed by atoms with Crippen LogP contribution in [0.1, 0.15) is 18.9 Å². The minimum atomic E-state index is 0.621. The van der Waals surface area contributed by atoms with Gasteiger partial charge in [-0.05, 0) is 56.2 Å². The van der Waals surface area contributed by atoms with E-state index >= 15 is 0 Å². The van der Waals surface area contributed by atoms with Gasteiger partial charge in [0.05, 0.1) is 5.69 Å². The van der Waals surface area contributed by atoms with Crippen LogP contribution in [0.2, 0.25) is 0 Å². The smallest absolute Gasteiger partial charge is 0.196 e. The molecule has 0 saturated heterocycles. The van der Waals surface area contributed by atoms with Crippen LogP contribution >= 0.6 is 0 Å². The molecule has 0 bridgehead atoms. The lowest BCUT2D eigenvalue weighted by Gasteiger charge is -2.15. The Balaban J connectivity index is 1.59. The molecule has 3 nitrogen and oxygen atoms in total. The molecule has 0 unspecified atom stereocenters. The Bertz CT molecular complexity index is 820. The largest absolute Gasteiger partial charge is 0.458 e. The summed E-state index contributed by atoms with van der Waals surface area (Å²) >= 11 is 0. The zero-order valence-electron chi connectivity index (χ0n) is 14.7. The van der Waals surface area contributed by atoms with Crippen molar-refractivity contribution in [3.63, 3.8) is 0 Å². The molecule has 0 fully saturated rings.